The van der Waals surface area contributed by atoms with Gasteiger partial charge in [-0.15, -0.1) is 0 Å². The number of hydrogen-bond donors (Lipinski definition) is 1. The summed E-state index contributed by atoms with van der Waals surface area (Å²) in [5.74, 6) is 0. The van der Waals surface area contributed by atoms with Crippen molar-refractivity contribution < 1.29 is 4.74 Å². The van der Waals surface area contributed by atoms with Crippen molar-refractivity contribution in [1.29, 1.82) is 0 Å². The molecule has 0 bridgehead atoms. The van der Waals surface area contributed by atoms with Crippen LogP contribution in [-0.2, 0) is 11.3 Å². The number of ether oxygens (including phenoxy) is 1. The average molecular weight is 251 g/mol. The molecule has 0 aromatic carbocycles. The average Bonchev–Trinajstić information content (AvgIpc) is 2.87. The van der Waals surface area contributed by atoms with Gasteiger partial charge in [-0.05, 0) is 19.3 Å². The maximum Gasteiger partial charge on any atom is 0.0871 e. The first kappa shape index (κ1) is 13.6. The van der Waals surface area contributed by atoms with Crippen LogP contribution in [0.3, 0.4) is 0 Å². The van der Waals surface area contributed by atoms with E-state index in [4.69, 9.17) is 10.5 Å². The molecule has 1 fully saturated rings. The summed E-state index contributed by atoms with van der Waals surface area (Å²) in [4.78, 5) is 0. The molecule has 1 heterocycles. The molecule has 2 N–H and O–H groups in total. The Morgan fingerprint density at radius 2 is 2.17 bits per heavy atom. The molecule has 4 nitrogen and oxygen atoms in total. The van der Waals surface area contributed by atoms with E-state index in [1.165, 1.54) is 19.3 Å². The number of hydrogen-bond acceptors (Lipinski definition) is 3. The third-order valence-corrected chi connectivity index (χ3v) is 4.14. The normalized spacial score (nSPS) is 20.8. The highest BCUT2D eigenvalue weighted by molar-refractivity contribution is 5.16. The van der Waals surface area contributed by atoms with Crippen LogP contribution in [0.25, 0.3) is 0 Å². The minimum atomic E-state index is -0.182. The first-order chi connectivity index (χ1) is 8.72. The van der Waals surface area contributed by atoms with Crippen LogP contribution >= 0.6 is 0 Å². The minimum absolute atomic E-state index is 0.0617. The second kappa shape index (κ2) is 5.85. The van der Waals surface area contributed by atoms with E-state index in [1.54, 1.807) is 7.11 Å². The fraction of sp³-hybridized carbons (Fsp3) is 0.786. The van der Waals surface area contributed by atoms with Gasteiger partial charge in [0.15, 0.2) is 0 Å². The Bertz CT molecular complexity index is 369. The molecule has 0 radical (unpaired) electrons. The van der Waals surface area contributed by atoms with E-state index in [0.717, 1.165) is 31.4 Å². The predicted octanol–water partition coefficient (Wildman–Crippen LogP) is 2.64. The molecular formula is C14H25N3O. The topological polar surface area (TPSA) is 53.1 Å². The second-order valence-corrected chi connectivity index (χ2v) is 5.34. The lowest BCUT2D eigenvalue weighted by Gasteiger charge is -2.40. The number of aryl methyl sites for hydroxylation is 1. The Kier molecular flexibility index (Phi) is 4.40. The number of nitrogens with two attached hydrogens (primary N) is 1. The summed E-state index contributed by atoms with van der Waals surface area (Å²) in [6, 6.07) is -0.0617. The van der Waals surface area contributed by atoms with Gasteiger partial charge in [-0.25, -0.2) is 0 Å². The molecule has 18 heavy (non-hydrogen) atoms. The van der Waals surface area contributed by atoms with Crippen molar-refractivity contribution in [3.05, 3.63) is 18.0 Å². The van der Waals surface area contributed by atoms with Crippen LogP contribution in [0.15, 0.2) is 12.4 Å². The van der Waals surface area contributed by atoms with Gasteiger partial charge in [0.1, 0.15) is 0 Å². The van der Waals surface area contributed by atoms with Crippen molar-refractivity contribution >= 4 is 0 Å². The summed E-state index contributed by atoms with van der Waals surface area (Å²) >= 11 is 0. The molecule has 1 aliphatic rings. The lowest BCUT2D eigenvalue weighted by molar-refractivity contribution is -0.0595. The highest BCUT2D eigenvalue weighted by Gasteiger charge is 2.39. The lowest BCUT2D eigenvalue weighted by Crippen LogP contribution is -2.44. The van der Waals surface area contributed by atoms with Gasteiger partial charge in [0.25, 0.3) is 0 Å². The summed E-state index contributed by atoms with van der Waals surface area (Å²) in [5, 5.41) is 4.37. The molecular weight excluding hydrogens is 226 g/mol. The highest BCUT2D eigenvalue weighted by atomic mass is 16.5. The molecule has 1 unspecified atom stereocenters. The molecule has 0 aliphatic heterocycles. The molecule has 1 atom stereocenters. The SMILES string of the molecule is CCCn1cc(C(N)C2(OC)CCCCC2)cn1. The number of nitrogens with zero attached hydrogens (tertiary/aromatic N) is 2. The first-order valence-corrected chi connectivity index (χ1v) is 7.05. The molecule has 4 heteroatoms. The van der Waals surface area contributed by atoms with Gasteiger partial charge in [-0.3, -0.25) is 4.68 Å². The lowest BCUT2D eigenvalue weighted by atomic mass is 9.77. The molecule has 0 amide bonds. The zero-order valence-electron chi connectivity index (χ0n) is 11.6. The summed E-state index contributed by atoms with van der Waals surface area (Å²) in [6.07, 6.45) is 10.9. The minimum Gasteiger partial charge on any atom is -0.376 e. The number of rotatable bonds is 5. The first-order valence-electron chi connectivity index (χ1n) is 7.05. The third-order valence-electron chi connectivity index (χ3n) is 4.14. The summed E-state index contributed by atoms with van der Waals surface area (Å²) < 4.78 is 7.78. The van der Waals surface area contributed by atoms with Crippen molar-refractivity contribution in [2.24, 2.45) is 5.73 Å². The maximum atomic E-state index is 6.45. The van der Waals surface area contributed by atoms with Gasteiger partial charge in [-0.1, -0.05) is 26.2 Å². The van der Waals surface area contributed by atoms with Gasteiger partial charge < -0.3 is 10.5 Å². The Morgan fingerprint density at radius 1 is 1.44 bits per heavy atom. The highest BCUT2D eigenvalue weighted by Crippen LogP contribution is 2.39. The van der Waals surface area contributed by atoms with E-state index >= 15 is 0 Å². The Morgan fingerprint density at radius 3 is 2.78 bits per heavy atom. The fourth-order valence-electron chi connectivity index (χ4n) is 2.99. The van der Waals surface area contributed by atoms with Crippen LogP contribution in [-0.4, -0.2) is 22.5 Å². The molecule has 0 saturated heterocycles. The monoisotopic (exact) mass is 251 g/mol. The smallest absolute Gasteiger partial charge is 0.0871 e. The van der Waals surface area contributed by atoms with E-state index in [-0.39, 0.29) is 11.6 Å². The van der Waals surface area contributed by atoms with Crippen molar-refractivity contribution in [2.75, 3.05) is 7.11 Å². The van der Waals surface area contributed by atoms with Crippen LogP contribution in [0, 0.1) is 0 Å². The van der Waals surface area contributed by atoms with Gasteiger partial charge >= 0.3 is 0 Å². The van der Waals surface area contributed by atoms with Gasteiger partial charge in [0.2, 0.25) is 0 Å². The van der Waals surface area contributed by atoms with E-state index in [9.17, 15) is 0 Å². The Balaban J connectivity index is 2.14. The molecule has 1 aromatic heterocycles. The molecule has 1 saturated carbocycles. The zero-order valence-corrected chi connectivity index (χ0v) is 11.6. The second-order valence-electron chi connectivity index (χ2n) is 5.34. The summed E-state index contributed by atoms with van der Waals surface area (Å²) in [7, 11) is 1.79. The number of aromatic nitrogens is 2. The summed E-state index contributed by atoms with van der Waals surface area (Å²) in [5.41, 5.74) is 7.37. The number of methoxy groups -OCH3 is 1. The van der Waals surface area contributed by atoms with Crippen molar-refractivity contribution in [3.8, 4) is 0 Å². The van der Waals surface area contributed by atoms with Crippen molar-refractivity contribution in [2.45, 2.75) is 63.6 Å². The van der Waals surface area contributed by atoms with Gasteiger partial charge in [-0.2, -0.15) is 5.10 Å². The van der Waals surface area contributed by atoms with E-state index in [0.29, 0.717) is 0 Å². The predicted molar refractivity (Wildman–Crippen MR) is 72.3 cm³/mol. The zero-order chi connectivity index (χ0) is 13.0. The van der Waals surface area contributed by atoms with E-state index in [1.807, 2.05) is 10.9 Å². The Hall–Kier alpha value is -0.870. The van der Waals surface area contributed by atoms with Crippen LogP contribution < -0.4 is 5.73 Å². The quantitative estimate of drug-likeness (QED) is 0.875. The molecule has 2 rings (SSSR count). The van der Waals surface area contributed by atoms with Crippen LogP contribution in [0.5, 0.6) is 0 Å². The standard InChI is InChI=1S/C14H25N3O/c1-3-9-17-11-12(10-16-17)13(15)14(18-2)7-5-4-6-8-14/h10-11,13H,3-9,15H2,1-2H3. The third kappa shape index (κ3) is 2.59. The van der Waals surface area contributed by atoms with Crippen molar-refractivity contribution in [3.63, 3.8) is 0 Å². The molecule has 1 aromatic rings. The largest absolute Gasteiger partial charge is 0.376 e. The maximum absolute atomic E-state index is 6.45. The molecule has 102 valence electrons. The van der Waals surface area contributed by atoms with Crippen LogP contribution in [0.1, 0.15) is 57.1 Å². The van der Waals surface area contributed by atoms with Gasteiger partial charge in [0.05, 0.1) is 17.8 Å². The summed E-state index contributed by atoms with van der Waals surface area (Å²) in [6.45, 7) is 3.10. The van der Waals surface area contributed by atoms with E-state index < -0.39 is 0 Å². The van der Waals surface area contributed by atoms with E-state index in [2.05, 4.69) is 18.2 Å². The van der Waals surface area contributed by atoms with Crippen molar-refractivity contribution in [1.82, 2.24) is 9.78 Å². The molecule has 0 spiro atoms. The van der Waals surface area contributed by atoms with Crippen LogP contribution in [0.2, 0.25) is 0 Å². The van der Waals surface area contributed by atoms with Gasteiger partial charge in [0, 0.05) is 25.4 Å². The van der Waals surface area contributed by atoms with Crippen LogP contribution in [0.4, 0.5) is 0 Å². The fourth-order valence-corrected chi connectivity index (χ4v) is 2.99. The molecule has 1 aliphatic carbocycles. The Labute approximate surface area is 110 Å².